The highest BCUT2D eigenvalue weighted by atomic mass is 31.2. The van der Waals surface area contributed by atoms with Gasteiger partial charge in [-0.25, -0.2) is 4.57 Å². The number of esters is 1. The van der Waals surface area contributed by atoms with Gasteiger partial charge in [0, 0.05) is 6.42 Å². The topological polar surface area (TPSA) is 104 Å². The Morgan fingerprint density at radius 2 is 1.23 bits per heavy atom. The van der Waals surface area contributed by atoms with Crippen LogP contribution in [0.15, 0.2) is 60.9 Å². The molecule has 1 aliphatic rings. The van der Waals surface area contributed by atoms with Gasteiger partial charge in [-0.1, -0.05) is 127 Å². The number of ether oxygens (including phenoxy) is 3. The summed E-state index contributed by atoms with van der Waals surface area (Å²) in [6.45, 7) is 4.80. The minimum Gasteiger partial charge on any atom is -0.498 e. The minimum absolute atomic E-state index is 0.0175. The van der Waals surface area contributed by atoms with Gasteiger partial charge in [0.05, 0.1) is 46.2 Å². The Balaban J connectivity index is 2.29. The van der Waals surface area contributed by atoms with Crippen LogP contribution in [0.5, 0.6) is 0 Å². The molecule has 56 heavy (non-hydrogen) atoms. The number of likely N-dealkylation sites (N-methyl/N-ethyl adjacent to an activating group) is 1. The third kappa shape index (κ3) is 35.2. The zero-order valence-corrected chi connectivity index (χ0v) is 37.2. The Hall–Kier alpha value is -2.00. The van der Waals surface area contributed by atoms with E-state index in [2.05, 4.69) is 62.5 Å². The van der Waals surface area contributed by atoms with Crippen LogP contribution in [0.2, 0.25) is 0 Å². The Morgan fingerprint density at radius 3 is 1.89 bits per heavy atom. The van der Waals surface area contributed by atoms with Crippen molar-refractivity contribution in [1.29, 1.82) is 0 Å². The summed E-state index contributed by atoms with van der Waals surface area (Å²) in [5.74, 6) is -0.396. The molecule has 1 fully saturated rings. The molecule has 1 rings (SSSR count). The van der Waals surface area contributed by atoms with E-state index in [1.54, 1.807) is 6.26 Å². The van der Waals surface area contributed by atoms with Crippen LogP contribution in [-0.2, 0) is 32.6 Å². The Morgan fingerprint density at radius 1 is 0.679 bits per heavy atom. The molecular weight excluding hydrogens is 725 g/mol. The number of epoxide rings is 1. The highest BCUT2D eigenvalue weighted by molar-refractivity contribution is 7.47. The van der Waals surface area contributed by atoms with E-state index >= 15 is 0 Å². The number of rotatable bonds is 39. The zero-order chi connectivity index (χ0) is 41.0. The molecule has 0 aromatic heterocycles. The van der Waals surface area contributed by atoms with Gasteiger partial charge < -0.3 is 23.6 Å². The van der Waals surface area contributed by atoms with Crippen molar-refractivity contribution in [3.8, 4) is 0 Å². The van der Waals surface area contributed by atoms with E-state index in [-0.39, 0.29) is 26.2 Å². The smallest absolute Gasteiger partial charge is 0.472 e. The van der Waals surface area contributed by atoms with E-state index in [0.717, 1.165) is 38.5 Å². The van der Waals surface area contributed by atoms with E-state index in [9.17, 15) is 14.3 Å². The quantitative estimate of drug-likeness (QED) is 0.0125. The molecule has 0 radical (unpaired) electrons. The van der Waals surface area contributed by atoms with Crippen molar-refractivity contribution in [1.82, 2.24) is 0 Å². The summed E-state index contributed by atoms with van der Waals surface area (Å²) in [7, 11) is 1.58. The van der Waals surface area contributed by atoms with Gasteiger partial charge in [-0.15, -0.1) is 0 Å². The molecule has 0 spiro atoms. The number of phosphoric acid groups is 1. The predicted octanol–water partition coefficient (Wildman–Crippen LogP) is 12.3. The first-order valence-corrected chi connectivity index (χ1v) is 23.7. The molecule has 10 heteroatoms. The summed E-state index contributed by atoms with van der Waals surface area (Å²) in [6, 6.07) is 0. The number of quaternary nitrogens is 1. The number of hydrogen-bond donors (Lipinski definition) is 1. The zero-order valence-electron chi connectivity index (χ0n) is 36.3. The summed E-state index contributed by atoms with van der Waals surface area (Å²) in [4.78, 5) is 22.9. The highest BCUT2D eigenvalue weighted by Crippen LogP contribution is 2.43. The van der Waals surface area contributed by atoms with E-state index in [4.69, 9.17) is 23.3 Å². The summed E-state index contributed by atoms with van der Waals surface area (Å²) < 4.78 is 40.4. The molecule has 0 aromatic rings. The molecule has 4 atom stereocenters. The maximum Gasteiger partial charge on any atom is 0.472 e. The molecule has 0 aromatic carbocycles. The van der Waals surface area contributed by atoms with E-state index in [1.807, 2.05) is 27.2 Å². The number of carbonyl (C=O) groups is 1. The maximum absolute atomic E-state index is 12.7. The van der Waals surface area contributed by atoms with Gasteiger partial charge in [0.1, 0.15) is 19.8 Å². The van der Waals surface area contributed by atoms with Crippen LogP contribution < -0.4 is 0 Å². The SMILES string of the molecule is CCCCCC/C=C\CCCCCCCC/C=C/OC[C@H](COP(=O)(O)OCC[N+](C)(C)C)OC(=O)CCC/C=C\C/C=C\C/C=C\CC1OC1CCCCC. The Labute approximate surface area is 343 Å². The standard InChI is InChI=1S/C46H82NO8P/c1-6-8-10-11-12-13-14-15-16-17-18-21-24-27-30-34-39-51-41-43(42-53-56(49,50)52-40-38-47(3,4)5)54-46(48)37-33-29-26-23-20-19-22-25-28-32-36-45-44(55-45)35-31-9-7-2/h13-14,19,22-23,26,28,32,34,39,43-45H,6-12,15-18,20-21,24-25,27,29-31,33,35-38,40-42H2,1-5H3/p+1/b14-13-,22-19-,26-23-,32-28-,39-34+/t43-,44?,45?/m1/s1. The van der Waals surface area contributed by atoms with Gasteiger partial charge in [0.2, 0.25) is 0 Å². The van der Waals surface area contributed by atoms with Crippen molar-refractivity contribution in [2.45, 2.75) is 180 Å². The highest BCUT2D eigenvalue weighted by Gasteiger charge is 2.36. The lowest BCUT2D eigenvalue weighted by atomic mass is 10.1. The Bertz CT molecular complexity index is 1140. The fourth-order valence-electron chi connectivity index (χ4n) is 5.95. The van der Waals surface area contributed by atoms with Crippen molar-refractivity contribution >= 4 is 13.8 Å². The average molecular weight is 809 g/mol. The van der Waals surface area contributed by atoms with Crippen molar-refractivity contribution in [2.24, 2.45) is 0 Å². The second-order valence-corrected chi connectivity index (χ2v) is 17.6. The summed E-state index contributed by atoms with van der Waals surface area (Å²) >= 11 is 0. The van der Waals surface area contributed by atoms with Gasteiger partial charge >= 0.3 is 13.8 Å². The monoisotopic (exact) mass is 809 g/mol. The van der Waals surface area contributed by atoms with Gasteiger partial charge in [-0.05, 0) is 83.1 Å². The molecule has 1 N–H and O–H groups in total. The second kappa shape index (κ2) is 35.0. The summed E-state index contributed by atoms with van der Waals surface area (Å²) in [6.07, 6.45) is 46.7. The number of carbonyl (C=O) groups excluding carboxylic acids is 1. The molecule has 9 nitrogen and oxygen atoms in total. The van der Waals surface area contributed by atoms with Gasteiger partial charge in [0.25, 0.3) is 0 Å². The molecule has 0 amide bonds. The molecular formula is C46H83NO8P+. The van der Waals surface area contributed by atoms with Crippen LogP contribution in [0.25, 0.3) is 0 Å². The van der Waals surface area contributed by atoms with Crippen LogP contribution in [-0.4, -0.2) is 81.2 Å². The number of phosphoric ester groups is 1. The van der Waals surface area contributed by atoms with Crippen molar-refractivity contribution < 1.29 is 42.0 Å². The van der Waals surface area contributed by atoms with Crippen molar-refractivity contribution in [2.75, 3.05) is 47.5 Å². The van der Waals surface area contributed by atoms with Gasteiger partial charge in [-0.2, -0.15) is 0 Å². The largest absolute Gasteiger partial charge is 0.498 e. The summed E-state index contributed by atoms with van der Waals surface area (Å²) in [5.41, 5.74) is 0. The molecule has 0 bridgehead atoms. The van der Waals surface area contributed by atoms with Gasteiger partial charge in [-0.3, -0.25) is 13.8 Å². The van der Waals surface area contributed by atoms with Crippen LogP contribution >= 0.6 is 7.82 Å². The molecule has 3 unspecified atom stereocenters. The fraction of sp³-hybridized carbons (Fsp3) is 0.761. The van der Waals surface area contributed by atoms with Crippen LogP contribution in [0.4, 0.5) is 0 Å². The molecule has 1 aliphatic heterocycles. The second-order valence-electron chi connectivity index (χ2n) is 16.2. The fourth-order valence-corrected chi connectivity index (χ4v) is 6.69. The number of hydrogen-bond acceptors (Lipinski definition) is 7. The van der Waals surface area contributed by atoms with Crippen LogP contribution in [0, 0.1) is 0 Å². The number of nitrogens with zero attached hydrogens (tertiary/aromatic N) is 1. The summed E-state index contributed by atoms with van der Waals surface area (Å²) in [5, 5.41) is 0. The lowest BCUT2D eigenvalue weighted by molar-refractivity contribution is -0.870. The molecule has 1 saturated heterocycles. The van der Waals surface area contributed by atoms with Crippen molar-refractivity contribution in [3.63, 3.8) is 0 Å². The first-order valence-electron chi connectivity index (χ1n) is 22.2. The number of allylic oxidation sites excluding steroid dienone is 8. The normalized spacial score (nSPS) is 17.9. The minimum atomic E-state index is -4.31. The maximum atomic E-state index is 12.7. The third-order valence-electron chi connectivity index (χ3n) is 9.54. The van der Waals surface area contributed by atoms with Crippen molar-refractivity contribution in [3.05, 3.63) is 60.9 Å². The first-order chi connectivity index (χ1) is 27.1. The molecule has 324 valence electrons. The number of unbranched alkanes of at least 4 members (excludes halogenated alkanes) is 14. The van der Waals surface area contributed by atoms with E-state index in [1.165, 1.54) is 96.3 Å². The average Bonchev–Trinajstić information content (AvgIpc) is 3.90. The third-order valence-corrected chi connectivity index (χ3v) is 10.5. The Kier molecular flexibility index (Phi) is 32.5. The van der Waals surface area contributed by atoms with E-state index < -0.39 is 19.9 Å². The van der Waals surface area contributed by atoms with Gasteiger partial charge in [0.15, 0.2) is 6.10 Å². The van der Waals surface area contributed by atoms with Crippen LogP contribution in [0.3, 0.4) is 0 Å². The first kappa shape index (κ1) is 52.0. The molecule has 0 saturated carbocycles. The molecule has 1 heterocycles. The van der Waals surface area contributed by atoms with Crippen LogP contribution in [0.1, 0.15) is 162 Å². The predicted molar refractivity (Wildman–Crippen MR) is 232 cm³/mol. The lowest BCUT2D eigenvalue weighted by Gasteiger charge is -2.24. The lowest BCUT2D eigenvalue weighted by Crippen LogP contribution is -2.37. The molecule has 0 aliphatic carbocycles. The van der Waals surface area contributed by atoms with E-state index in [0.29, 0.717) is 29.7 Å².